The maximum absolute atomic E-state index is 12.2. The third kappa shape index (κ3) is 5.59. The van der Waals surface area contributed by atoms with Crippen molar-refractivity contribution < 1.29 is 14.3 Å². The van der Waals surface area contributed by atoms with Crippen molar-refractivity contribution in [1.29, 1.82) is 0 Å². The Morgan fingerprint density at radius 1 is 1.14 bits per heavy atom. The van der Waals surface area contributed by atoms with Crippen LogP contribution in [-0.4, -0.2) is 34.7 Å². The maximum Gasteiger partial charge on any atom is 0.410 e. The van der Waals surface area contributed by atoms with Gasteiger partial charge < -0.3 is 14.4 Å². The van der Waals surface area contributed by atoms with E-state index in [1.807, 2.05) is 58.0 Å². The molecular formula is C23H28N2O3. The van der Waals surface area contributed by atoms with E-state index in [0.29, 0.717) is 19.0 Å². The number of likely N-dealkylation sites (tertiary alicyclic amines) is 1. The first-order valence-electron chi connectivity index (χ1n) is 9.67. The van der Waals surface area contributed by atoms with Gasteiger partial charge in [0.25, 0.3) is 0 Å². The summed E-state index contributed by atoms with van der Waals surface area (Å²) < 4.78 is 11.4. The lowest BCUT2D eigenvalue weighted by Crippen LogP contribution is -2.40. The lowest BCUT2D eigenvalue weighted by atomic mass is 10.0. The molecule has 1 aliphatic heterocycles. The van der Waals surface area contributed by atoms with Crippen LogP contribution in [0.25, 0.3) is 6.08 Å². The minimum atomic E-state index is -0.459. The van der Waals surface area contributed by atoms with Gasteiger partial charge in [-0.3, -0.25) is 0 Å². The molecule has 0 atom stereocenters. The second kappa shape index (κ2) is 8.46. The Bertz CT molecular complexity index is 858. The molecule has 0 saturated carbocycles. The normalized spacial score (nSPS) is 14.6. The number of ether oxygens (including phenoxy) is 2. The molecule has 5 heteroatoms. The summed E-state index contributed by atoms with van der Waals surface area (Å²) in [6.45, 7) is 9.02. The highest BCUT2D eigenvalue weighted by atomic mass is 16.6. The van der Waals surface area contributed by atoms with Crippen molar-refractivity contribution in [2.45, 2.75) is 46.1 Å². The number of hydrogen-bond acceptors (Lipinski definition) is 4. The molecule has 0 spiro atoms. The molecule has 1 aliphatic rings. The standard InChI is InChI=1S/C23H28N2O3/c1-17-7-6-12-24-21(17)27-20-9-5-8-19(16-20)15-18-10-13-25(14-11-18)22(26)28-23(2,3)4/h5-9,12,15-16H,10-11,13-14H2,1-4H3. The van der Waals surface area contributed by atoms with Gasteiger partial charge >= 0.3 is 6.09 Å². The van der Waals surface area contributed by atoms with E-state index in [9.17, 15) is 4.79 Å². The number of pyridine rings is 1. The first-order chi connectivity index (χ1) is 13.3. The quantitative estimate of drug-likeness (QED) is 0.696. The van der Waals surface area contributed by atoms with Crippen LogP contribution in [0.3, 0.4) is 0 Å². The van der Waals surface area contributed by atoms with Gasteiger partial charge in [-0.25, -0.2) is 9.78 Å². The molecule has 0 bridgehead atoms. The molecule has 1 amide bonds. The number of hydrogen-bond donors (Lipinski definition) is 0. The Balaban J connectivity index is 1.62. The number of carbonyl (C=O) groups excluding carboxylic acids is 1. The summed E-state index contributed by atoms with van der Waals surface area (Å²) in [5.74, 6) is 1.39. The molecular weight excluding hydrogens is 352 g/mol. The SMILES string of the molecule is Cc1cccnc1Oc1cccc(C=C2CCN(C(=O)OC(C)(C)C)CC2)c1. The molecule has 148 valence electrons. The van der Waals surface area contributed by atoms with Crippen molar-refractivity contribution in [1.82, 2.24) is 9.88 Å². The molecule has 1 aromatic carbocycles. The van der Waals surface area contributed by atoms with Gasteiger partial charge in [0.15, 0.2) is 0 Å². The number of benzene rings is 1. The highest BCUT2D eigenvalue weighted by Gasteiger charge is 2.24. The minimum Gasteiger partial charge on any atom is -0.444 e. The first kappa shape index (κ1) is 19.9. The van der Waals surface area contributed by atoms with Gasteiger partial charge in [0.2, 0.25) is 5.88 Å². The molecule has 0 radical (unpaired) electrons. The second-order valence-corrected chi connectivity index (χ2v) is 8.07. The predicted molar refractivity (Wildman–Crippen MR) is 111 cm³/mol. The molecule has 0 unspecified atom stereocenters. The van der Waals surface area contributed by atoms with Crippen LogP contribution in [0.1, 0.15) is 44.7 Å². The smallest absolute Gasteiger partial charge is 0.410 e. The second-order valence-electron chi connectivity index (χ2n) is 8.07. The largest absolute Gasteiger partial charge is 0.444 e. The van der Waals surface area contributed by atoms with E-state index in [-0.39, 0.29) is 6.09 Å². The summed E-state index contributed by atoms with van der Waals surface area (Å²) in [6.07, 6.45) is 5.39. The molecule has 1 aromatic heterocycles. The lowest BCUT2D eigenvalue weighted by Gasteiger charge is -2.31. The summed E-state index contributed by atoms with van der Waals surface area (Å²) in [7, 11) is 0. The van der Waals surface area contributed by atoms with Gasteiger partial charge in [-0.2, -0.15) is 0 Å². The molecule has 2 heterocycles. The molecule has 0 aliphatic carbocycles. The number of piperidine rings is 1. The Kier molecular flexibility index (Phi) is 6.02. The summed E-state index contributed by atoms with van der Waals surface area (Å²) in [5, 5.41) is 0. The first-order valence-corrected chi connectivity index (χ1v) is 9.67. The monoisotopic (exact) mass is 380 g/mol. The topological polar surface area (TPSA) is 51.7 Å². The fourth-order valence-electron chi connectivity index (χ4n) is 3.04. The zero-order chi connectivity index (χ0) is 20.1. The van der Waals surface area contributed by atoms with Crippen LogP contribution in [-0.2, 0) is 4.74 Å². The van der Waals surface area contributed by atoms with Gasteiger partial charge in [0.05, 0.1) is 0 Å². The number of rotatable bonds is 3. The average molecular weight is 380 g/mol. The fourth-order valence-corrected chi connectivity index (χ4v) is 3.04. The van der Waals surface area contributed by atoms with Crippen molar-refractivity contribution >= 4 is 12.2 Å². The maximum atomic E-state index is 12.2. The molecule has 28 heavy (non-hydrogen) atoms. The fraction of sp³-hybridized carbons (Fsp3) is 0.391. The Morgan fingerprint density at radius 3 is 2.57 bits per heavy atom. The van der Waals surface area contributed by atoms with E-state index in [4.69, 9.17) is 9.47 Å². The van der Waals surface area contributed by atoms with Crippen molar-refractivity contribution in [3.05, 3.63) is 59.3 Å². The summed E-state index contributed by atoms with van der Waals surface area (Å²) in [5.41, 5.74) is 2.96. The van der Waals surface area contributed by atoms with E-state index in [1.165, 1.54) is 5.57 Å². The van der Waals surface area contributed by atoms with Gasteiger partial charge in [-0.1, -0.05) is 29.8 Å². The van der Waals surface area contributed by atoms with Gasteiger partial charge in [0.1, 0.15) is 11.4 Å². The van der Waals surface area contributed by atoms with Crippen LogP contribution in [0.2, 0.25) is 0 Å². The molecule has 2 aromatic rings. The van der Waals surface area contributed by atoms with Crippen LogP contribution >= 0.6 is 0 Å². The van der Waals surface area contributed by atoms with Crippen LogP contribution in [0.15, 0.2) is 48.2 Å². The molecule has 0 N–H and O–H groups in total. The minimum absolute atomic E-state index is 0.229. The number of aromatic nitrogens is 1. The number of aryl methyl sites for hydroxylation is 1. The van der Waals surface area contributed by atoms with Crippen molar-refractivity contribution in [3.63, 3.8) is 0 Å². The molecule has 5 nitrogen and oxygen atoms in total. The van der Waals surface area contributed by atoms with Gasteiger partial charge in [-0.15, -0.1) is 0 Å². The van der Waals surface area contributed by atoms with Gasteiger partial charge in [-0.05, 0) is 64.3 Å². The summed E-state index contributed by atoms with van der Waals surface area (Å²) in [4.78, 5) is 18.3. The van der Waals surface area contributed by atoms with E-state index >= 15 is 0 Å². The van der Waals surface area contributed by atoms with Crippen molar-refractivity contribution in [3.8, 4) is 11.6 Å². The number of carbonyl (C=O) groups is 1. The van der Waals surface area contributed by atoms with Crippen LogP contribution < -0.4 is 4.74 Å². The zero-order valence-corrected chi connectivity index (χ0v) is 17.1. The van der Waals surface area contributed by atoms with E-state index < -0.39 is 5.60 Å². The zero-order valence-electron chi connectivity index (χ0n) is 17.1. The van der Waals surface area contributed by atoms with E-state index in [2.05, 4.69) is 17.1 Å². The summed E-state index contributed by atoms with van der Waals surface area (Å²) >= 11 is 0. The lowest BCUT2D eigenvalue weighted by molar-refractivity contribution is 0.0237. The van der Waals surface area contributed by atoms with Crippen molar-refractivity contribution in [2.24, 2.45) is 0 Å². The third-order valence-corrected chi connectivity index (χ3v) is 4.46. The number of amides is 1. The highest BCUT2D eigenvalue weighted by Crippen LogP contribution is 2.26. The van der Waals surface area contributed by atoms with E-state index in [0.717, 1.165) is 29.7 Å². The third-order valence-electron chi connectivity index (χ3n) is 4.46. The highest BCUT2D eigenvalue weighted by molar-refractivity contribution is 5.68. The average Bonchev–Trinajstić information content (AvgIpc) is 2.63. The van der Waals surface area contributed by atoms with Crippen LogP contribution in [0, 0.1) is 6.92 Å². The van der Waals surface area contributed by atoms with Crippen molar-refractivity contribution in [2.75, 3.05) is 13.1 Å². The van der Waals surface area contributed by atoms with Crippen LogP contribution in [0.4, 0.5) is 4.79 Å². The molecule has 1 saturated heterocycles. The van der Waals surface area contributed by atoms with Crippen LogP contribution in [0.5, 0.6) is 11.6 Å². The Labute approximate surface area is 167 Å². The molecule has 1 fully saturated rings. The number of nitrogens with zero attached hydrogens (tertiary/aromatic N) is 2. The van der Waals surface area contributed by atoms with Gasteiger partial charge in [0, 0.05) is 24.8 Å². The van der Waals surface area contributed by atoms with E-state index in [1.54, 1.807) is 11.1 Å². The summed E-state index contributed by atoms with van der Waals surface area (Å²) in [6, 6.07) is 11.9. The molecule has 3 rings (SSSR count). The Hall–Kier alpha value is -2.82. The predicted octanol–water partition coefficient (Wildman–Crippen LogP) is 5.60. The Morgan fingerprint density at radius 2 is 1.89 bits per heavy atom.